The van der Waals surface area contributed by atoms with Crippen molar-refractivity contribution < 1.29 is 28.7 Å². The van der Waals surface area contributed by atoms with Crippen LogP contribution in [-0.2, 0) is 34.4 Å². The average molecular weight is 811 g/mol. The Labute approximate surface area is 346 Å². The van der Waals surface area contributed by atoms with Crippen LogP contribution >= 0.6 is 0 Å². The minimum absolute atomic E-state index is 0.0436. The van der Waals surface area contributed by atoms with Gasteiger partial charge in [0.15, 0.2) is 18.1 Å². The SMILES string of the molecule is Cc1cccc(C)c1Nc1nn(C)c2nc(Nc3ccc4c(c3)CN(CC3CCN(C(=O)COc5ccc6c(c5)C(=O)N(C5CCC(=O)NC5=O)C6=O)CC3)CC4)ncc12. The van der Waals surface area contributed by atoms with Crippen LogP contribution in [0, 0.1) is 19.8 Å². The number of fused-ring (bicyclic) bond motifs is 3. The number of imide groups is 2. The molecule has 2 saturated heterocycles. The van der Waals surface area contributed by atoms with Crippen LogP contribution in [0.15, 0.2) is 60.8 Å². The third-order valence-corrected chi connectivity index (χ3v) is 12.1. The Hall–Kier alpha value is -6.68. The number of carbonyl (C=O) groups excluding carboxylic acids is 5. The van der Waals surface area contributed by atoms with Crippen molar-refractivity contribution in [2.24, 2.45) is 13.0 Å². The fourth-order valence-corrected chi connectivity index (χ4v) is 8.80. The van der Waals surface area contributed by atoms with E-state index in [9.17, 15) is 24.0 Å². The third kappa shape index (κ3) is 7.54. The minimum atomic E-state index is -1.05. The van der Waals surface area contributed by atoms with Gasteiger partial charge in [0.1, 0.15) is 11.8 Å². The molecule has 0 spiro atoms. The number of rotatable bonds is 10. The molecule has 4 aliphatic heterocycles. The zero-order chi connectivity index (χ0) is 41.7. The molecule has 0 saturated carbocycles. The Balaban J connectivity index is 0.759. The molecule has 16 heteroatoms. The molecule has 60 heavy (non-hydrogen) atoms. The van der Waals surface area contributed by atoms with Crippen LogP contribution in [0.3, 0.4) is 0 Å². The normalized spacial score (nSPS) is 18.4. The number of benzene rings is 3. The zero-order valence-electron chi connectivity index (χ0n) is 33.8. The molecular weight excluding hydrogens is 765 g/mol. The van der Waals surface area contributed by atoms with Gasteiger partial charge in [0.2, 0.25) is 17.8 Å². The topological polar surface area (TPSA) is 184 Å². The highest BCUT2D eigenvalue weighted by Gasteiger charge is 2.44. The number of aryl methyl sites for hydroxylation is 3. The van der Waals surface area contributed by atoms with Crippen LogP contribution in [0.2, 0.25) is 0 Å². The third-order valence-electron chi connectivity index (χ3n) is 12.1. The highest BCUT2D eigenvalue weighted by atomic mass is 16.5. The van der Waals surface area contributed by atoms with Gasteiger partial charge in [0, 0.05) is 63.8 Å². The fraction of sp³-hybridized carbons (Fsp3) is 0.364. The monoisotopic (exact) mass is 810 g/mol. The summed E-state index contributed by atoms with van der Waals surface area (Å²) in [4.78, 5) is 78.0. The number of piperidine rings is 2. The van der Waals surface area contributed by atoms with Gasteiger partial charge in [-0.25, -0.2) is 9.67 Å². The summed E-state index contributed by atoms with van der Waals surface area (Å²) in [5, 5.41) is 14.6. The Kier molecular flexibility index (Phi) is 10.2. The first-order valence-corrected chi connectivity index (χ1v) is 20.4. The van der Waals surface area contributed by atoms with Gasteiger partial charge in [-0.05, 0) is 98.0 Å². The standard InChI is InChI=1S/C44H46N10O6/c1-25-5-4-6-26(2)38(25)48-39-34-21-45-44(49-40(34)51(3)50-39)46-30-8-7-28-15-16-52(23-29(28)19-30)22-27-13-17-53(18-14-27)37(56)24-60-31-9-10-32-33(20-31)43(59)54(42(32)58)35-11-12-36(55)47-41(35)57/h4-10,19-21,27,35H,11-18,22-24H2,1-3H3,(H,48,50)(H,45,46,49)(H,47,55,57). The first-order chi connectivity index (χ1) is 29.0. The van der Waals surface area contributed by atoms with Crippen molar-refractivity contribution in [3.05, 3.63) is 94.2 Å². The van der Waals surface area contributed by atoms with E-state index in [0.29, 0.717) is 30.8 Å². The van der Waals surface area contributed by atoms with Gasteiger partial charge in [0.25, 0.3) is 17.7 Å². The Morgan fingerprint density at radius 3 is 2.45 bits per heavy atom. The first-order valence-electron chi connectivity index (χ1n) is 20.4. The largest absolute Gasteiger partial charge is 0.484 e. The molecule has 5 aromatic rings. The summed E-state index contributed by atoms with van der Waals surface area (Å²) < 4.78 is 7.57. The maximum Gasteiger partial charge on any atom is 0.262 e. The Morgan fingerprint density at radius 1 is 0.883 bits per heavy atom. The number of ether oxygens (including phenoxy) is 1. The van der Waals surface area contributed by atoms with Gasteiger partial charge in [-0.3, -0.25) is 39.1 Å². The summed E-state index contributed by atoms with van der Waals surface area (Å²) in [5.41, 5.74) is 7.84. The minimum Gasteiger partial charge on any atom is -0.484 e. The summed E-state index contributed by atoms with van der Waals surface area (Å²) in [7, 11) is 1.88. The smallest absolute Gasteiger partial charge is 0.262 e. The van der Waals surface area contributed by atoms with Crippen LogP contribution in [0.4, 0.5) is 23.1 Å². The molecule has 1 atom stereocenters. The second-order valence-electron chi connectivity index (χ2n) is 16.2. The van der Waals surface area contributed by atoms with Crippen LogP contribution in [0.25, 0.3) is 11.0 Å². The number of nitrogens with zero attached hydrogens (tertiary/aromatic N) is 7. The summed E-state index contributed by atoms with van der Waals surface area (Å²) in [5.74, 6) is -0.502. The maximum absolute atomic E-state index is 13.2. The number of anilines is 4. The van der Waals surface area contributed by atoms with Gasteiger partial charge in [0.05, 0.1) is 16.5 Å². The number of nitrogens with one attached hydrogen (secondary N) is 3. The molecule has 308 valence electrons. The molecule has 3 N–H and O–H groups in total. The van der Waals surface area contributed by atoms with Crippen molar-refractivity contribution in [3.8, 4) is 5.75 Å². The van der Waals surface area contributed by atoms with Crippen LogP contribution in [-0.4, -0.2) is 103 Å². The maximum atomic E-state index is 13.2. The van der Waals surface area contributed by atoms with E-state index in [-0.39, 0.29) is 42.2 Å². The zero-order valence-corrected chi connectivity index (χ0v) is 33.8. The van der Waals surface area contributed by atoms with Gasteiger partial charge in [-0.2, -0.15) is 10.1 Å². The number of amides is 5. The fourth-order valence-electron chi connectivity index (χ4n) is 8.80. The predicted molar refractivity (Wildman–Crippen MR) is 222 cm³/mol. The molecule has 4 aliphatic rings. The number of aromatic nitrogens is 4. The molecule has 6 heterocycles. The van der Waals surface area contributed by atoms with Crippen LogP contribution in [0.5, 0.6) is 5.75 Å². The Bertz CT molecular complexity index is 2560. The lowest BCUT2D eigenvalue weighted by atomic mass is 9.93. The van der Waals surface area contributed by atoms with E-state index >= 15 is 0 Å². The van der Waals surface area contributed by atoms with Gasteiger partial charge >= 0.3 is 0 Å². The van der Waals surface area contributed by atoms with Gasteiger partial charge in [-0.15, -0.1) is 0 Å². The van der Waals surface area contributed by atoms with Crippen molar-refractivity contribution >= 4 is 63.7 Å². The number of carbonyl (C=O) groups is 5. The predicted octanol–water partition coefficient (Wildman–Crippen LogP) is 4.54. The molecule has 0 bridgehead atoms. The summed E-state index contributed by atoms with van der Waals surface area (Å²) >= 11 is 0. The molecule has 9 rings (SSSR count). The lowest BCUT2D eigenvalue weighted by Crippen LogP contribution is -2.54. The number of likely N-dealkylation sites (tertiary alicyclic amines) is 1. The molecular formula is C44H46N10O6. The van der Waals surface area contributed by atoms with Gasteiger partial charge in [-0.1, -0.05) is 24.3 Å². The van der Waals surface area contributed by atoms with Crippen LogP contribution < -0.4 is 20.7 Å². The average Bonchev–Trinajstić information content (AvgIpc) is 3.68. The lowest BCUT2D eigenvalue weighted by Gasteiger charge is -2.36. The van der Waals surface area contributed by atoms with Gasteiger partial charge < -0.3 is 20.3 Å². The molecule has 2 fully saturated rings. The lowest BCUT2D eigenvalue weighted by molar-refractivity contribution is -0.136. The molecule has 0 aliphatic carbocycles. The number of hydrogen-bond acceptors (Lipinski definition) is 12. The molecule has 3 aromatic carbocycles. The summed E-state index contributed by atoms with van der Waals surface area (Å²) in [6.07, 6.45) is 4.67. The number of para-hydroxylation sites is 1. The molecule has 0 radical (unpaired) electrons. The highest BCUT2D eigenvalue weighted by molar-refractivity contribution is 6.23. The second-order valence-corrected chi connectivity index (χ2v) is 16.2. The van der Waals surface area contributed by atoms with E-state index in [1.165, 1.54) is 23.3 Å². The van der Waals surface area contributed by atoms with Crippen molar-refractivity contribution in [3.63, 3.8) is 0 Å². The molecule has 1 unspecified atom stereocenters. The van der Waals surface area contributed by atoms with E-state index in [1.54, 1.807) is 10.7 Å². The van der Waals surface area contributed by atoms with E-state index in [0.717, 1.165) is 77.3 Å². The second kappa shape index (κ2) is 15.8. The molecule has 2 aromatic heterocycles. The molecule has 16 nitrogen and oxygen atoms in total. The number of hydrogen-bond donors (Lipinski definition) is 3. The quantitative estimate of drug-likeness (QED) is 0.168. The van der Waals surface area contributed by atoms with Crippen molar-refractivity contribution in [2.75, 3.05) is 43.4 Å². The van der Waals surface area contributed by atoms with Crippen LogP contribution in [0.1, 0.15) is 68.7 Å². The van der Waals surface area contributed by atoms with E-state index in [4.69, 9.17) is 14.8 Å². The van der Waals surface area contributed by atoms with E-state index in [1.807, 2.05) is 24.2 Å². The van der Waals surface area contributed by atoms with Crippen molar-refractivity contribution in [1.82, 2.24) is 39.8 Å². The highest BCUT2D eigenvalue weighted by Crippen LogP contribution is 2.32. The first kappa shape index (κ1) is 38.8. The Morgan fingerprint density at radius 2 is 1.67 bits per heavy atom. The van der Waals surface area contributed by atoms with Crippen molar-refractivity contribution in [2.45, 2.75) is 58.5 Å². The van der Waals surface area contributed by atoms with Crippen molar-refractivity contribution in [1.29, 1.82) is 0 Å². The van der Waals surface area contributed by atoms with E-state index in [2.05, 4.69) is 70.0 Å². The molecule has 5 amide bonds. The summed E-state index contributed by atoms with van der Waals surface area (Å²) in [6.45, 7) is 7.98. The summed E-state index contributed by atoms with van der Waals surface area (Å²) in [6, 6.07) is 16.1. The van der Waals surface area contributed by atoms with E-state index < -0.39 is 29.7 Å².